The summed E-state index contributed by atoms with van der Waals surface area (Å²) in [4.78, 5) is 0. The first-order valence-corrected chi connectivity index (χ1v) is 6.98. The molecule has 0 spiro atoms. The van der Waals surface area contributed by atoms with Gasteiger partial charge in [0.15, 0.2) is 0 Å². The van der Waals surface area contributed by atoms with Crippen molar-refractivity contribution in [3.05, 3.63) is 35.4 Å². The van der Waals surface area contributed by atoms with E-state index in [-0.39, 0.29) is 0 Å². The third-order valence-electron chi connectivity index (χ3n) is 4.37. The molecular formula is C16H25N. The van der Waals surface area contributed by atoms with Gasteiger partial charge in [-0.25, -0.2) is 0 Å². The standard InChI is InChI=1S/C16H25N/c1-4-14-10-16(11-14,12-17-5-2)15-9-7-6-8-13(15)3/h6-9,14,17H,4-5,10-12H2,1-3H3. The van der Waals surface area contributed by atoms with Gasteiger partial charge in [0.2, 0.25) is 0 Å². The van der Waals surface area contributed by atoms with E-state index < -0.39 is 0 Å². The predicted octanol–water partition coefficient (Wildman–Crippen LogP) is 3.66. The van der Waals surface area contributed by atoms with Crippen LogP contribution in [0.3, 0.4) is 0 Å². The first-order valence-electron chi connectivity index (χ1n) is 6.98. The summed E-state index contributed by atoms with van der Waals surface area (Å²) in [5.41, 5.74) is 3.45. The van der Waals surface area contributed by atoms with Crippen LogP contribution in [-0.4, -0.2) is 13.1 Å². The van der Waals surface area contributed by atoms with Gasteiger partial charge in [-0.1, -0.05) is 44.5 Å². The third kappa shape index (κ3) is 2.40. The summed E-state index contributed by atoms with van der Waals surface area (Å²) in [6.45, 7) is 8.98. The molecule has 1 aliphatic carbocycles. The lowest BCUT2D eigenvalue weighted by Crippen LogP contribution is -2.48. The third-order valence-corrected chi connectivity index (χ3v) is 4.37. The molecule has 0 amide bonds. The van der Waals surface area contributed by atoms with Crippen LogP contribution in [-0.2, 0) is 5.41 Å². The molecule has 0 heterocycles. The van der Waals surface area contributed by atoms with Crippen molar-refractivity contribution < 1.29 is 0 Å². The number of hydrogen-bond donors (Lipinski definition) is 1. The summed E-state index contributed by atoms with van der Waals surface area (Å²) in [5, 5.41) is 3.56. The summed E-state index contributed by atoms with van der Waals surface area (Å²) < 4.78 is 0. The molecule has 0 bridgehead atoms. The maximum absolute atomic E-state index is 3.56. The van der Waals surface area contributed by atoms with Gasteiger partial charge in [0, 0.05) is 12.0 Å². The second-order valence-electron chi connectivity index (χ2n) is 5.56. The summed E-state index contributed by atoms with van der Waals surface area (Å²) >= 11 is 0. The molecule has 0 atom stereocenters. The van der Waals surface area contributed by atoms with E-state index in [0.717, 1.165) is 19.0 Å². The topological polar surface area (TPSA) is 12.0 Å². The first-order chi connectivity index (χ1) is 8.22. The molecule has 1 N–H and O–H groups in total. The van der Waals surface area contributed by atoms with Crippen molar-refractivity contribution >= 4 is 0 Å². The Labute approximate surface area is 106 Å². The van der Waals surface area contributed by atoms with Crippen molar-refractivity contribution in [2.24, 2.45) is 5.92 Å². The summed E-state index contributed by atoms with van der Waals surface area (Å²) in [7, 11) is 0. The summed E-state index contributed by atoms with van der Waals surface area (Å²) in [6.07, 6.45) is 4.06. The molecule has 0 aromatic heterocycles. The van der Waals surface area contributed by atoms with E-state index in [1.54, 1.807) is 5.56 Å². The fourth-order valence-corrected chi connectivity index (χ4v) is 3.33. The van der Waals surface area contributed by atoms with E-state index in [0.29, 0.717) is 5.41 Å². The summed E-state index contributed by atoms with van der Waals surface area (Å²) in [5.74, 6) is 0.938. The number of nitrogens with one attached hydrogen (secondary N) is 1. The van der Waals surface area contributed by atoms with Gasteiger partial charge in [-0.15, -0.1) is 0 Å². The molecule has 0 unspecified atom stereocenters. The Morgan fingerprint density at radius 2 is 1.94 bits per heavy atom. The van der Waals surface area contributed by atoms with Crippen molar-refractivity contribution in [2.45, 2.75) is 45.4 Å². The van der Waals surface area contributed by atoms with Crippen LogP contribution in [0, 0.1) is 12.8 Å². The van der Waals surface area contributed by atoms with E-state index in [2.05, 4.69) is 50.4 Å². The van der Waals surface area contributed by atoms with E-state index in [1.807, 2.05) is 0 Å². The maximum Gasteiger partial charge on any atom is 0.00856 e. The monoisotopic (exact) mass is 231 g/mol. The average Bonchev–Trinajstić information content (AvgIpc) is 2.30. The molecule has 94 valence electrons. The van der Waals surface area contributed by atoms with Crippen molar-refractivity contribution in [3.63, 3.8) is 0 Å². The highest BCUT2D eigenvalue weighted by Crippen LogP contribution is 2.49. The molecule has 1 saturated carbocycles. The minimum Gasteiger partial charge on any atom is -0.316 e. The maximum atomic E-state index is 3.56. The Hall–Kier alpha value is -0.820. The smallest absolute Gasteiger partial charge is 0.00856 e. The van der Waals surface area contributed by atoms with Crippen LogP contribution in [0.15, 0.2) is 24.3 Å². The van der Waals surface area contributed by atoms with E-state index in [1.165, 1.54) is 24.8 Å². The number of aryl methyl sites for hydroxylation is 1. The van der Waals surface area contributed by atoms with E-state index in [4.69, 9.17) is 0 Å². The fourth-order valence-electron chi connectivity index (χ4n) is 3.33. The molecule has 17 heavy (non-hydrogen) atoms. The molecule has 1 heteroatoms. The number of likely N-dealkylation sites (N-methyl/N-ethyl adjacent to an activating group) is 1. The first kappa shape index (κ1) is 12.6. The Bertz CT molecular complexity index is 358. The van der Waals surface area contributed by atoms with Gasteiger partial charge < -0.3 is 5.32 Å². The van der Waals surface area contributed by atoms with Crippen LogP contribution in [0.2, 0.25) is 0 Å². The van der Waals surface area contributed by atoms with Gasteiger partial charge in [0.25, 0.3) is 0 Å². The van der Waals surface area contributed by atoms with Gasteiger partial charge >= 0.3 is 0 Å². The number of hydrogen-bond acceptors (Lipinski definition) is 1. The van der Waals surface area contributed by atoms with E-state index in [9.17, 15) is 0 Å². The molecular weight excluding hydrogens is 206 g/mol. The lowest BCUT2D eigenvalue weighted by Gasteiger charge is -2.49. The van der Waals surface area contributed by atoms with Crippen LogP contribution in [0.25, 0.3) is 0 Å². The quantitative estimate of drug-likeness (QED) is 0.815. The molecule has 1 aromatic carbocycles. The van der Waals surface area contributed by atoms with Crippen LogP contribution in [0.4, 0.5) is 0 Å². The second-order valence-corrected chi connectivity index (χ2v) is 5.56. The zero-order valence-electron chi connectivity index (χ0n) is 11.4. The van der Waals surface area contributed by atoms with Gasteiger partial charge in [-0.2, -0.15) is 0 Å². The average molecular weight is 231 g/mol. The van der Waals surface area contributed by atoms with Gasteiger partial charge in [0.1, 0.15) is 0 Å². The number of benzene rings is 1. The minimum atomic E-state index is 0.419. The van der Waals surface area contributed by atoms with Crippen molar-refractivity contribution in [1.29, 1.82) is 0 Å². The molecule has 1 fully saturated rings. The number of rotatable bonds is 5. The highest BCUT2D eigenvalue weighted by atomic mass is 14.9. The lowest BCUT2D eigenvalue weighted by molar-refractivity contribution is 0.134. The van der Waals surface area contributed by atoms with Gasteiger partial charge in [0.05, 0.1) is 0 Å². The molecule has 2 rings (SSSR count). The zero-order valence-corrected chi connectivity index (χ0v) is 11.4. The minimum absolute atomic E-state index is 0.419. The van der Waals surface area contributed by atoms with Crippen molar-refractivity contribution in [2.75, 3.05) is 13.1 Å². The highest BCUT2D eigenvalue weighted by molar-refractivity contribution is 5.36. The second kappa shape index (κ2) is 5.22. The molecule has 1 aromatic rings. The van der Waals surface area contributed by atoms with Crippen LogP contribution < -0.4 is 5.32 Å². The Morgan fingerprint density at radius 1 is 1.24 bits per heavy atom. The molecule has 0 saturated heterocycles. The van der Waals surface area contributed by atoms with Crippen molar-refractivity contribution in [1.82, 2.24) is 5.32 Å². The lowest BCUT2D eigenvalue weighted by atomic mass is 9.57. The summed E-state index contributed by atoms with van der Waals surface area (Å²) in [6, 6.07) is 8.92. The molecule has 1 aliphatic rings. The zero-order chi connectivity index (χ0) is 12.3. The molecule has 0 aliphatic heterocycles. The fraction of sp³-hybridized carbons (Fsp3) is 0.625. The van der Waals surface area contributed by atoms with Crippen LogP contribution >= 0.6 is 0 Å². The Balaban J connectivity index is 2.20. The predicted molar refractivity (Wildman–Crippen MR) is 74.4 cm³/mol. The van der Waals surface area contributed by atoms with Crippen LogP contribution in [0.5, 0.6) is 0 Å². The molecule has 1 nitrogen and oxygen atoms in total. The normalized spacial score (nSPS) is 27.8. The molecule has 0 radical (unpaired) electrons. The highest BCUT2D eigenvalue weighted by Gasteiger charge is 2.44. The largest absolute Gasteiger partial charge is 0.316 e. The van der Waals surface area contributed by atoms with E-state index >= 15 is 0 Å². The van der Waals surface area contributed by atoms with Gasteiger partial charge in [-0.3, -0.25) is 0 Å². The van der Waals surface area contributed by atoms with Gasteiger partial charge in [-0.05, 0) is 43.4 Å². The van der Waals surface area contributed by atoms with Crippen molar-refractivity contribution in [3.8, 4) is 0 Å². The SMILES string of the molecule is CCNCC1(c2ccccc2C)CC(CC)C1. The Kier molecular flexibility index (Phi) is 3.88. The van der Waals surface area contributed by atoms with Crippen LogP contribution in [0.1, 0.15) is 44.2 Å². The Morgan fingerprint density at radius 3 is 2.53 bits per heavy atom.